The Morgan fingerprint density at radius 3 is 2.29 bits per heavy atom. The first-order valence-corrected chi connectivity index (χ1v) is 8.04. The average molecular weight is 359 g/mol. The van der Waals surface area contributed by atoms with E-state index < -0.39 is 17.8 Å². The minimum Gasteiger partial charge on any atom is -0.368 e. The number of nitrogens with zero attached hydrogens (tertiary/aromatic N) is 3. The topological polar surface area (TPSA) is 36.4 Å². The highest BCUT2D eigenvalue weighted by molar-refractivity contribution is 7.11. The van der Waals surface area contributed by atoms with Crippen LogP contribution in [0.15, 0.2) is 29.8 Å². The number of piperazine rings is 1. The van der Waals surface area contributed by atoms with Crippen LogP contribution in [0.5, 0.6) is 0 Å². The lowest BCUT2D eigenvalue weighted by Gasteiger charge is -2.36. The van der Waals surface area contributed by atoms with Crippen LogP contribution in [-0.4, -0.2) is 42.0 Å². The summed E-state index contributed by atoms with van der Waals surface area (Å²) in [6.45, 7) is 1.53. The van der Waals surface area contributed by atoms with Crippen LogP contribution in [0.4, 0.5) is 23.2 Å². The predicted octanol–water partition coefficient (Wildman–Crippen LogP) is 3.26. The van der Waals surface area contributed by atoms with E-state index >= 15 is 0 Å². The molecule has 1 aliphatic heterocycles. The van der Waals surface area contributed by atoms with E-state index in [4.69, 9.17) is 0 Å². The van der Waals surface area contributed by atoms with Gasteiger partial charge in [0.15, 0.2) is 5.69 Å². The Kier molecular flexibility index (Phi) is 4.44. The molecule has 128 valence electrons. The molecule has 9 heteroatoms. The molecule has 0 bridgehead atoms. The van der Waals surface area contributed by atoms with Crippen molar-refractivity contribution in [1.82, 2.24) is 9.88 Å². The number of aromatic nitrogens is 1. The second-order valence-electron chi connectivity index (χ2n) is 5.28. The van der Waals surface area contributed by atoms with Crippen LogP contribution >= 0.6 is 11.3 Å². The van der Waals surface area contributed by atoms with E-state index in [0.717, 1.165) is 11.2 Å². The Bertz CT molecular complexity index is 721. The molecule has 1 saturated heterocycles. The van der Waals surface area contributed by atoms with Crippen LogP contribution in [0.3, 0.4) is 0 Å². The van der Waals surface area contributed by atoms with Crippen molar-refractivity contribution in [3.05, 3.63) is 46.2 Å². The molecule has 0 saturated carbocycles. The number of benzene rings is 1. The lowest BCUT2D eigenvalue weighted by atomic mass is 10.2. The number of hydrogen-bond acceptors (Lipinski definition) is 4. The average Bonchev–Trinajstić information content (AvgIpc) is 3.05. The van der Waals surface area contributed by atoms with Crippen LogP contribution in [0.1, 0.15) is 15.4 Å². The zero-order valence-corrected chi connectivity index (χ0v) is 13.2. The number of amides is 1. The van der Waals surface area contributed by atoms with Gasteiger partial charge in [0.2, 0.25) is 0 Å². The van der Waals surface area contributed by atoms with Gasteiger partial charge in [-0.15, -0.1) is 11.3 Å². The Hall–Kier alpha value is -2.16. The molecule has 2 heterocycles. The first kappa shape index (κ1) is 16.7. The summed E-state index contributed by atoms with van der Waals surface area (Å²) in [5, 5.41) is 0. The second-order valence-corrected chi connectivity index (χ2v) is 6.14. The Morgan fingerprint density at radius 2 is 1.71 bits per heavy atom. The van der Waals surface area contributed by atoms with Crippen molar-refractivity contribution >= 4 is 22.9 Å². The van der Waals surface area contributed by atoms with Crippen molar-refractivity contribution in [3.8, 4) is 0 Å². The van der Waals surface area contributed by atoms with Crippen molar-refractivity contribution in [2.75, 3.05) is 31.1 Å². The molecule has 0 radical (unpaired) electrons. The molecule has 0 spiro atoms. The fraction of sp³-hybridized carbons (Fsp3) is 0.333. The SMILES string of the molecule is O=C(c1scnc1C(F)(F)F)N1CCN(c2ccc(F)cc2)CC1. The Balaban J connectivity index is 1.68. The molecule has 24 heavy (non-hydrogen) atoms. The summed E-state index contributed by atoms with van der Waals surface area (Å²) in [6, 6.07) is 5.97. The van der Waals surface area contributed by atoms with Gasteiger partial charge in [0.05, 0.1) is 5.51 Å². The lowest BCUT2D eigenvalue weighted by Crippen LogP contribution is -2.48. The van der Waals surface area contributed by atoms with Gasteiger partial charge in [-0.05, 0) is 24.3 Å². The van der Waals surface area contributed by atoms with E-state index in [9.17, 15) is 22.4 Å². The summed E-state index contributed by atoms with van der Waals surface area (Å²) >= 11 is 0.699. The second kappa shape index (κ2) is 6.39. The van der Waals surface area contributed by atoms with Crippen molar-refractivity contribution < 1.29 is 22.4 Å². The highest BCUT2D eigenvalue weighted by Gasteiger charge is 2.39. The van der Waals surface area contributed by atoms with Gasteiger partial charge in [-0.1, -0.05) is 0 Å². The summed E-state index contributed by atoms with van der Waals surface area (Å²) in [7, 11) is 0. The van der Waals surface area contributed by atoms with E-state index in [2.05, 4.69) is 4.98 Å². The number of carbonyl (C=O) groups excluding carboxylic acids is 1. The Labute approximate surface area is 139 Å². The monoisotopic (exact) mass is 359 g/mol. The summed E-state index contributed by atoms with van der Waals surface area (Å²) < 4.78 is 51.5. The quantitative estimate of drug-likeness (QED) is 0.773. The molecular weight excluding hydrogens is 346 g/mol. The molecule has 1 aromatic heterocycles. The number of alkyl halides is 3. The summed E-state index contributed by atoms with van der Waals surface area (Å²) in [5.41, 5.74) is 0.723. The third-order valence-electron chi connectivity index (χ3n) is 3.79. The van der Waals surface area contributed by atoms with Gasteiger partial charge < -0.3 is 9.80 Å². The first-order chi connectivity index (χ1) is 11.4. The molecule has 1 amide bonds. The Morgan fingerprint density at radius 1 is 1.08 bits per heavy atom. The van der Waals surface area contributed by atoms with Gasteiger partial charge in [-0.3, -0.25) is 4.79 Å². The number of halogens is 4. The number of rotatable bonds is 2. The van der Waals surface area contributed by atoms with Crippen LogP contribution in [0.25, 0.3) is 0 Å². The highest BCUT2D eigenvalue weighted by atomic mass is 32.1. The van der Waals surface area contributed by atoms with E-state index in [1.165, 1.54) is 17.0 Å². The minimum absolute atomic E-state index is 0.297. The van der Waals surface area contributed by atoms with Crippen molar-refractivity contribution in [2.24, 2.45) is 0 Å². The molecule has 0 atom stereocenters. The molecule has 1 aromatic carbocycles. The molecule has 0 N–H and O–H groups in total. The van der Waals surface area contributed by atoms with Crippen molar-refractivity contribution in [2.45, 2.75) is 6.18 Å². The smallest absolute Gasteiger partial charge is 0.368 e. The zero-order valence-electron chi connectivity index (χ0n) is 12.4. The summed E-state index contributed by atoms with van der Waals surface area (Å²) in [6.07, 6.45) is -4.64. The predicted molar refractivity (Wildman–Crippen MR) is 81.6 cm³/mol. The maximum atomic E-state index is 12.9. The molecular formula is C15H13F4N3OS. The van der Waals surface area contributed by atoms with E-state index in [1.807, 2.05) is 4.90 Å². The molecule has 2 aromatic rings. The van der Waals surface area contributed by atoms with E-state index in [-0.39, 0.29) is 10.7 Å². The number of hydrogen-bond donors (Lipinski definition) is 0. The summed E-state index contributed by atoms with van der Waals surface area (Å²) in [5.74, 6) is -0.985. The van der Waals surface area contributed by atoms with Crippen LogP contribution < -0.4 is 4.90 Å². The highest BCUT2D eigenvalue weighted by Crippen LogP contribution is 2.33. The third-order valence-corrected chi connectivity index (χ3v) is 4.60. The maximum absolute atomic E-state index is 12.9. The fourth-order valence-electron chi connectivity index (χ4n) is 2.56. The number of thiazole rings is 1. The van der Waals surface area contributed by atoms with Crippen LogP contribution in [0, 0.1) is 5.82 Å². The van der Waals surface area contributed by atoms with Gasteiger partial charge in [0.1, 0.15) is 10.7 Å². The standard InChI is InChI=1S/C15H13F4N3OS/c16-10-1-3-11(4-2-10)21-5-7-22(8-6-21)14(23)12-13(15(17,18)19)20-9-24-12/h1-4,9H,5-8H2. The maximum Gasteiger partial charge on any atom is 0.434 e. The largest absolute Gasteiger partial charge is 0.434 e. The van der Waals surface area contributed by atoms with Gasteiger partial charge >= 0.3 is 6.18 Å². The van der Waals surface area contributed by atoms with Crippen LogP contribution in [0.2, 0.25) is 0 Å². The third kappa shape index (κ3) is 3.35. The van der Waals surface area contributed by atoms with Gasteiger partial charge in [-0.2, -0.15) is 13.2 Å². The molecule has 0 unspecified atom stereocenters. The fourth-order valence-corrected chi connectivity index (χ4v) is 3.34. The van der Waals surface area contributed by atoms with Crippen molar-refractivity contribution in [3.63, 3.8) is 0 Å². The first-order valence-electron chi connectivity index (χ1n) is 7.17. The van der Waals surface area contributed by atoms with Crippen molar-refractivity contribution in [1.29, 1.82) is 0 Å². The zero-order chi connectivity index (χ0) is 17.3. The molecule has 0 aliphatic carbocycles. The van der Waals surface area contributed by atoms with E-state index in [1.54, 1.807) is 12.1 Å². The van der Waals surface area contributed by atoms with Gasteiger partial charge in [0, 0.05) is 31.9 Å². The van der Waals surface area contributed by atoms with Gasteiger partial charge in [0.25, 0.3) is 5.91 Å². The number of carbonyl (C=O) groups is 1. The van der Waals surface area contributed by atoms with Gasteiger partial charge in [-0.25, -0.2) is 9.37 Å². The van der Waals surface area contributed by atoms with Crippen LogP contribution in [-0.2, 0) is 6.18 Å². The normalized spacial score (nSPS) is 15.7. The molecule has 4 nitrogen and oxygen atoms in total. The molecule has 1 aliphatic rings. The lowest BCUT2D eigenvalue weighted by molar-refractivity contribution is -0.141. The minimum atomic E-state index is -4.64. The van der Waals surface area contributed by atoms with E-state index in [0.29, 0.717) is 37.5 Å². The number of anilines is 1. The summed E-state index contributed by atoms with van der Waals surface area (Å²) in [4.78, 5) is 18.6. The molecule has 1 fully saturated rings. The molecule has 3 rings (SSSR count).